The second-order valence-corrected chi connectivity index (χ2v) is 6.75. The van der Waals surface area contributed by atoms with Crippen LogP contribution >= 0.6 is 0 Å². The van der Waals surface area contributed by atoms with E-state index in [-0.39, 0.29) is 29.0 Å². The molecule has 0 aromatic heterocycles. The number of nitriles is 1. The quantitative estimate of drug-likeness (QED) is 0.877. The number of ketones is 1. The number of halogens is 1. The largest absolute Gasteiger partial charge is 0.444 e. The number of Topliss-reactive ketones (excluding diaryl/α,β-unsaturated/α-hetero) is 1. The predicted octanol–water partition coefficient (Wildman–Crippen LogP) is 4.03. The summed E-state index contributed by atoms with van der Waals surface area (Å²) >= 11 is 0. The second-order valence-electron chi connectivity index (χ2n) is 6.75. The Morgan fingerprint density at radius 1 is 1.04 bits per heavy atom. The first-order chi connectivity index (χ1) is 13.1. The Kier molecular flexibility index (Phi) is 4.25. The van der Waals surface area contributed by atoms with Gasteiger partial charge in [-0.15, -0.1) is 0 Å². The van der Waals surface area contributed by atoms with Gasteiger partial charge in [0, 0.05) is 18.4 Å². The minimum atomic E-state index is -0.622. The predicted molar refractivity (Wildman–Crippen MR) is 97.5 cm³/mol. The highest BCUT2D eigenvalue weighted by Crippen LogP contribution is 2.46. The topological polar surface area (TPSA) is 76.1 Å². The van der Waals surface area contributed by atoms with Crippen molar-refractivity contribution in [1.29, 1.82) is 5.26 Å². The number of benzene rings is 2. The molecule has 0 fully saturated rings. The molecule has 0 bridgehead atoms. The molecule has 2 N–H and O–H groups in total. The van der Waals surface area contributed by atoms with Gasteiger partial charge in [0.05, 0.1) is 5.92 Å². The molecule has 1 aliphatic carbocycles. The molecule has 2 atom stereocenters. The minimum Gasteiger partial charge on any atom is -0.444 e. The van der Waals surface area contributed by atoms with Crippen molar-refractivity contribution in [3.8, 4) is 6.07 Å². The number of carbonyl (C=O) groups excluding carboxylic acids is 1. The maximum absolute atomic E-state index is 13.4. The van der Waals surface area contributed by atoms with E-state index in [1.54, 1.807) is 12.1 Å². The maximum Gasteiger partial charge on any atom is 0.205 e. The summed E-state index contributed by atoms with van der Waals surface area (Å²) in [5.41, 5.74) is 8.36. The Hall–Kier alpha value is -3.39. The van der Waals surface area contributed by atoms with Crippen LogP contribution in [0, 0.1) is 17.1 Å². The van der Waals surface area contributed by atoms with Crippen molar-refractivity contribution in [2.24, 2.45) is 5.73 Å². The van der Waals surface area contributed by atoms with Crippen LogP contribution in [0.3, 0.4) is 0 Å². The van der Waals surface area contributed by atoms with Gasteiger partial charge >= 0.3 is 0 Å². The fourth-order valence-electron chi connectivity index (χ4n) is 3.86. The summed E-state index contributed by atoms with van der Waals surface area (Å²) < 4.78 is 19.1. The molecule has 134 valence electrons. The highest BCUT2D eigenvalue weighted by Gasteiger charge is 2.40. The third-order valence-electron chi connectivity index (χ3n) is 5.14. The Bertz CT molecular complexity index is 1000. The molecule has 2 aromatic rings. The van der Waals surface area contributed by atoms with E-state index in [9.17, 15) is 14.4 Å². The van der Waals surface area contributed by atoms with Gasteiger partial charge in [-0.1, -0.05) is 42.5 Å². The van der Waals surface area contributed by atoms with Gasteiger partial charge in [-0.2, -0.15) is 5.26 Å². The van der Waals surface area contributed by atoms with E-state index >= 15 is 0 Å². The number of allylic oxidation sites excluding steroid dienone is 3. The van der Waals surface area contributed by atoms with Crippen LogP contribution in [0.1, 0.15) is 35.8 Å². The summed E-state index contributed by atoms with van der Waals surface area (Å²) in [5, 5.41) is 9.58. The number of nitrogens with zero attached hydrogens (tertiary/aromatic N) is 1. The molecular weight excluding hydrogens is 343 g/mol. The monoisotopic (exact) mass is 360 g/mol. The molecule has 4 rings (SSSR count). The molecule has 4 nitrogen and oxygen atoms in total. The van der Waals surface area contributed by atoms with E-state index in [0.717, 1.165) is 5.56 Å². The lowest BCUT2D eigenvalue weighted by Gasteiger charge is -2.34. The van der Waals surface area contributed by atoms with Crippen LogP contribution in [0.5, 0.6) is 0 Å². The first-order valence-electron chi connectivity index (χ1n) is 8.72. The summed E-state index contributed by atoms with van der Waals surface area (Å²) in [5.74, 6) is -0.557. The van der Waals surface area contributed by atoms with E-state index in [1.165, 1.54) is 12.1 Å². The van der Waals surface area contributed by atoms with Crippen LogP contribution in [-0.2, 0) is 9.53 Å². The first-order valence-corrected chi connectivity index (χ1v) is 8.72. The van der Waals surface area contributed by atoms with Crippen molar-refractivity contribution in [2.45, 2.75) is 24.7 Å². The molecule has 2 aliphatic rings. The Morgan fingerprint density at radius 3 is 2.41 bits per heavy atom. The molecule has 0 amide bonds. The van der Waals surface area contributed by atoms with Crippen LogP contribution < -0.4 is 5.73 Å². The number of hydrogen-bond donors (Lipinski definition) is 1. The summed E-state index contributed by atoms with van der Waals surface area (Å²) in [6.45, 7) is 0. The van der Waals surface area contributed by atoms with E-state index in [2.05, 4.69) is 6.07 Å². The van der Waals surface area contributed by atoms with E-state index in [0.29, 0.717) is 29.7 Å². The highest BCUT2D eigenvalue weighted by molar-refractivity contribution is 6.00. The van der Waals surface area contributed by atoms with Crippen molar-refractivity contribution < 1.29 is 13.9 Å². The number of carbonyl (C=O) groups is 1. The number of ether oxygens (including phenoxy) is 1. The smallest absolute Gasteiger partial charge is 0.205 e. The molecular formula is C22H17FN2O2. The third-order valence-corrected chi connectivity index (χ3v) is 5.14. The van der Waals surface area contributed by atoms with Gasteiger partial charge in [0.25, 0.3) is 0 Å². The van der Waals surface area contributed by atoms with Crippen LogP contribution in [0.25, 0.3) is 0 Å². The molecule has 2 aromatic carbocycles. The lowest BCUT2D eigenvalue weighted by molar-refractivity contribution is -0.117. The Labute approximate surface area is 156 Å². The van der Waals surface area contributed by atoms with Crippen molar-refractivity contribution >= 4 is 5.78 Å². The van der Waals surface area contributed by atoms with Crippen LogP contribution in [0.4, 0.5) is 4.39 Å². The molecule has 0 radical (unpaired) electrons. The fourth-order valence-corrected chi connectivity index (χ4v) is 3.86. The number of nitrogens with two attached hydrogens (primary N) is 1. The maximum atomic E-state index is 13.4. The molecule has 0 saturated heterocycles. The number of rotatable bonds is 2. The summed E-state index contributed by atoms with van der Waals surface area (Å²) in [4.78, 5) is 13.0. The van der Waals surface area contributed by atoms with Crippen molar-refractivity contribution in [1.82, 2.24) is 0 Å². The van der Waals surface area contributed by atoms with Gasteiger partial charge in [0.1, 0.15) is 23.2 Å². The average molecular weight is 360 g/mol. The lowest BCUT2D eigenvalue weighted by Crippen LogP contribution is -2.29. The van der Waals surface area contributed by atoms with E-state index in [1.807, 2.05) is 30.3 Å². The summed E-state index contributed by atoms with van der Waals surface area (Å²) in [6.07, 6.45) is 0.866. The fraction of sp³-hybridized carbons (Fsp3) is 0.182. The normalized spacial score (nSPS) is 22.1. The zero-order valence-corrected chi connectivity index (χ0v) is 14.5. The van der Waals surface area contributed by atoms with Crippen molar-refractivity contribution in [3.05, 3.63) is 94.3 Å². The van der Waals surface area contributed by atoms with Gasteiger partial charge in [0.2, 0.25) is 5.88 Å². The van der Waals surface area contributed by atoms with Gasteiger partial charge in [-0.05, 0) is 29.2 Å². The van der Waals surface area contributed by atoms with Crippen molar-refractivity contribution in [2.75, 3.05) is 0 Å². The van der Waals surface area contributed by atoms with Crippen LogP contribution in [0.15, 0.2) is 77.4 Å². The van der Waals surface area contributed by atoms with Crippen LogP contribution in [0.2, 0.25) is 0 Å². The minimum absolute atomic E-state index is 0.00255. The molecule has 0 saturated carbocycles. The Balaban J connectivity index is 1.79. The standard InChI is InChI=1S/C22H17FN2O2/c23-16-8-6-14(7-9-16)20-17(12-24)22(25)27-19-11-15(10-18(26)21(19)20)13-4-2-1-3-5-13/h1-9,15,20H,10-11,25H2/t15-,20-/m1/s1. The SMILES string of the molecule is N#CC1=C(N)OC2=C(C(=O)C[C@@H](c3ccccc3)C2)[C@@H]1c1ccc(F)cc1. The first kappa shape index (κ1) is 17.0. The van der Waals surface area contributed by atoms with E-state index < -0.39 is 5.92 Å². The summed E-state index contributed by atoms with van der Waals surface area (Å²) in [6, 6.07) is 17.6. The third kappa shape index (κ3) is 3.00. The van der Waals surface area contributed by atoms with Gasteiger partial charge < -0.3 is 10.5 Å². The highest BCUT2D eigenvalue weighted by atomic mass is 19.1. The molecule has 1 aliphatic heterocycles. The van der Waals surface area contributed by atoms with Gasteiger partial charge in [0.15, 0.2) is 5.78 Å². The molecule has 5 heteroatoms. The second kappa shape index (κ2) is 6.73. The molecule has 0 spiro atoms. The molecule has 27 heavy (non-hydrogen) atoms. The van der Waals surface area contributed by atoms with Crippen molar-refractivity contribution in [3.63, 3.8) is 0 Å². The van der Waals surface area contributed by atoms with Crippen LogP contribution in [-0.4, -0.2) is 5.78 Å². The Morgan fingerprint density at radius 2 is 1.74 bits per heavy atom. The zero-order chi connectivity index (χ0) is 19.0. The van der Waals surface area contributed by atoms with Gasteiger partial charge in [-0.25, -0.2) is 4.39 Å². The zero-order valence-electron chi connectivity index (χ0n) is 14.5. The summed E-state index contributed by atoms with van der Waals surface area (Å²) in [7, 11) is 0. The molecule has 0 unspecified atom stereocenters. The average Bonchev–Trinajstić information content (AvgIpc) is 2.68. The lowest BCUT2D eigenvalue weighted by atomic mass is 9.73. The number of hydrogen-bond acceptors (Lipinski definition) is 4. The molecule has 1 heterocycles. The van der Waals surface area contributed by atoms with E-state index in [4.69, 9.17) is 10.5 Å². The van der Waals surface area contributed by atoms with Gasteiger partial charge in [-0.3, -0.25) is 4.79 Å².